The van der Waals surface area contributed by atoms with Gasteiger partial charge in [-0.15, -0.1) is 0 Å². The zero-order valence-electron chi connectivity index (χ0n) is 13.9. The molecule has 1 heterocycles. The number of nitrogens with zero attached hydrogens (tertiary/aromatic N) is 1. The Morgan fingerprint density at radius 1 is 1.17 bits per heavy atom. The summed E-state index contributed by atoms with van der Waals surface area (Å²) in [5.74, 6) is 1.55. The van der Waals surface area contributed by atoms with Gasteiger partial charge in [-0.2, -0.15) is 5.26 Å². The molecule has 0 radical (unpaired) electrons. The Bertz CT molecular complexity index is 830. The van der Waals surface area contributed by atoms with Crippen molar-refractivity contribution in [1.29, 1.82) is 5.26 Å². The molecule has 2 aliphatic rings. The molecule has 0 saturated heterocycles. The molecule has 2 aromatic carbocycles. The van der Waals surface area contributed by atoms with E-state index in [0.717, 1.165) is 12.2 Å². The molecule has 2 aromatic rings. The lowest BCUT2D eigenvalue weighted by molar-refractivity contribution is 0.292. The summed E-state index contributed by atoms with van der Waals surface area (Å²) in [5, 5.41) is 9.98. The average molecular weight is 303 g/mol. The summed E-state index contributed by atoms with van der Waals surface area (Å²) in [6.45, 7) is 7.13. The van der Waals surface area contributed by atoms with Crippen molar-refractivity contribution in [2.24, 2.45) is 11.8 Å². The van der Waals surface area contributed by atoms with E-state index < -0.39 is 5.41 Å². The fourth-order valence-electron chi connectivity index (χ4n) is 4.51. The van der Waals surface area contributed by atoms with Gasteiger partial charge in [0.1, 0.15) is 12.4 Å². The minimum absolute atomic E-state index is 0.290. The zero-order valence-corrected chi connectivity index (χ0v) is 13.9. The van der Waals surface area contributed by atoms with E-state index in [2.05, 4.69) is 63.2 Å². The molecule has 0 saturated carbocycles. The highest BCUT2D eigenvalue weighted by molar-refractivity contribution is 5.77. The van der Waals surface area contributed by atoms with Crippen LogP contribution in [-0.2, 0) is 18.4 Å². The van der Waals surface area contributed by atoms with Crippen molar-refractivity contribution >= 4 is 0 Å². The van der Waals surface area contributed by atoms with E-state index in [4.69, 9.17) is 4.74 Å². The summed E-state index contributed by atoms with van der Waals surface area (Å²) in [6.07, 6.45) is 0.969. The number of benzene rings is 2. The van der Waals surface area contributed by atoms with Gasteiger partial charge in [-0.3, -0.25) is 0 Å². The van der Waals surface area contributed by atoms with Gasteiger partial charge in [-0.25, -0.2) is 0 Å². The van der Waals surface area contributed by atoms with E-state index in [1.807, 2.05) is 0 Å². The van der Waals surface area contributed by atoms with Gasteiger partial charge in [0.25, 0.3) is 0 Å². The molecule has 1 aliphatic heterocycles. The second-order valence-electron chi connectivity index (χ2n) is 7.19. The molecule has 2 heteroatoms. The molecule has 0 aromatic heterocycles. The Hall–Kier alpha value is -2.27. The highest BCUT2D eigenvalue weighted by Crippen LogP contribution is 2.51. The summed E-state index contributed by atoms with van der Waals surface area (Å²) in [7, 11) is 0. The normalized spacial score (nSPS) is 24.4. The molecule has 0 unspecified atom stereocenters. The van der Waals surface area contributed by atoms with Crippen LogP contribution in [-0.4, -0.2) is 0 Å². The highest BCUT2D eigenvalue weighted by Gasteiger charge is 2.48. The molecular formula is C21H21NO. The van der Waals surface area contributed by atoms with Crippen LogP contribution in [0.25, 0.3) is 11.1 Å². The first-order chi connectivity index (χ1) is 11.1. The molecule has 2 atom stereocenters. The lowest BCUT2D eigenvalue weighted by atomic mass is 9.68. The summed E-state index contributed by atoms with van der Waals surface area (Å²) >= 11 is 0. The quantitative estimate of drug-likeness (QED) is 0.754. The minimum atomic E-state index is -0.398. The van der Waals surface area contributed by atoms with Gasteiger partial charge in [-0.1, -0.05) is 45.0 Å². The maximum Gasteiger partial charge on any atom is 0.127 e. The largest absolute Gasteiger partial charge is 0.488 e. The lowest BCUT2D eigenvalue weighted by Gasteiger charge is -2.32. The van der Waals surface area contributed by atoms with Crippen molar-refractivity contribution in [2.75, 3.05) is 0 Å². The molecule has 4 rings (SSSR count). The van der Waals surface area contributed by atoms with Crippen LogP contribution in [0.1, 0.15) is 37.5 Å². The summed E-state index contributed by atoms with van der Waals surface area (Å²) in [6, 6.07) is 15.5. The molecule has 1 aliphatic carbocycles. The van der Waals surface area contributed by atoms with Crippen molar-refractivity contribution < 1.29 is 4.74 Å². The minimum Gasteiger partial charge on any atom is -0.488 e. The number of rotatable bonds is 1. The van der Waals surface area contributed by atoms with Crippen molar-refractivity contribution in [1.82, 2.24) is 0 Å². The van der Waals surface area contributed by atoms with Crippen molar-refractivity contribution in [3.63, 3.8) is 0 Å². The first-order valence-corrected chi connectivity index (χ1v) is 8.37. The first-order valence-electron chi connectivity index (χ1n) is 8.37. The number of ether oxygens (including phenoxy) is 1. The molecule has 116 valence electrons. The van der Waals surface area contributed by atoms with Crippen LogP contribution >= 0.6 is 0 Å². The van der Waals surface area contributed by atoms with Crippen LogP contribution in [0.2, 0.25) is 0 Å². The van der Waals surface area contributed by atoms with Crippen LogP contribution in [0, 0.1) is 23.2 Å². The Morgan fingerprint density at radius 3 is 2.70 bits per heavy atom. The molecular weight excluding hydrogens is 282 g/mol. The van der Waals surface area contributed by atoms with Gasteiger partial charge in [0.15, 0.2) is 0 Å². The van der Waals surface area contributed by atoms with E-state index in [-0.39, 0.29) is 5.92 Å². The molecule has 2 nitrogen and oxygen atoms in total. The second-order valence-corrected chi connectivity index (χ2v) is 7.19. The van der Waals surface area contributed by atoms with Crippen LogP contribution in [0.5, 0.6) is 5.75 Å². The van der Waals surface area contributed by atoms with Crippen LogP contribution in [0.3, 0.4) is 0 Å². The van der Waals surface area contributed by atoms with E-state index >= 15 is 0 Å². The van der Waals surface area contributed by atoms with Crippen LogP contribution in [0.4, 0.5) is 0 Å². The van der Waals surface area contributed by atoms with E-state index in [0.29, 0.717) is 12.5 Å². The SMILES string of the molecule is CC(C)[C@]1(C#N)c2cc3c(cc2C[C@H]1C)-c1ccccc1CO3. The van der Waals surface area contributed by atoms with Gasteiger partial charge in [-0.05, 0) is 52.6 Å². The Labute approximate surface area is 137 Å². The number of fused-ring (bicyclic) bond motifs is 4. The van der Waals surface area contributed by atoms with Crippen LogP contribution < -0.4 is 4.74 Å². The molecule has 0 fully saturated rings. The van der Waals surface area contributed by atoms with Crippen molar-refractivity contribution in [3.8, 4) is 22.9 Å². The monoisotopic (exact) mass is 303 g/mol. The Balaban J connectivity index is 1.95. The Kier molecular flexibility index (Phi) is 3.03. The molecule has 0 N–H and O–H groups in total. The third kappa shape index (κ3) is 1.80. The van der Waals surface area contributed by atoms with Gasteiger partial charge >= 0.3 is 0 Å². The third-order valence-electron chi connectivity index (χ3n) is 5.74. The number of hydrogen-bond donors (Lipinski definition) is 0. The maximum absolute atomic E-state index is 9.98. The number of hydrogen-bond acceptors (Lipinski definition) is 2. The summed E-state index contributed by atoms with van der Waals surface area (Å²) in [5.41, 5.74) is 5.78. The topological polar surface area (TPSA) is 33.0 Å². The van der Waals surface area contributed by atoms with Crippen molar-refractivity contribution in [2.45, 2.75) is 39.2 Å². The number of nitriles is 1. The third-order valence-corrected chi connectivity index (χ3v) is 5.74. The second kappa shape index (κ2) is 4.86. The fourth-order valence-corrected chi connectivity index (χ4v) is 4.51. The van der Waals surface area contributed by atoms with Gasteiger partial charge in [0.05, 0.1) is 11.5 Å². The van der Waals surface area contributed by atoms with Gasteiger partial charge in [0.2, 0.25) is 0 Å². The van der Waals surface area contributed by atoms with E-state index in [9.17, 15) is 5.26 Å². The van der Waals surface area contributed by atoms with Crippen molar-refractivity contribution in [3.05, 3.63) is 53.1 Å². The van der Waals surface area contributed by atoms with Crippen LogP contribution in [0.15, 0.2) is 36.4 Å². The summed E-state index contributed by atoms with van der Waals surface area (Å²) in [4.78, 5) is 0. The fraction of sp³-hybridized carbons (Fsp3) is 0.381. The predicted molar refractivity (Wildman–Crippen MR) is 91.2 cm³/mol. The molecule has 23 heavy (non-hydrogen) atoms. The molecule has 0 amide bonds. The molecule has 0 spiro atoms. The predicted octanol–water partition coefficient (Wildman–Crippen LogP) is 4.86. The van der Waals surface area contributed by atoms with E-state index in [1.165, 1.54) is 27.8 Å². The smallest absolute Gasteiger partial charge is 0.127 e. The van der Waals surface area contributed by atoms with E-state index in [1.54, 1.807) is 0 Å². The lowest BCUT2D eigenvalue weighted by Crippen LogP contribution is -2.34. The van der Waals surface area contributed by atoms with Gasteiger partial charge < -0.3 is 4.74 Å². The maximum atomic E-state index is 9.98. The highest BCUT2D eigenvalue weighted by atomic mass is 16.5. The average Bonchev–Trinajstić information content (AvgIpc) is 2.84. The van der Waals surface area contributed by atoms with Gasteiger partial charge in [0, 0.05) is 5.56 Å². The molecule has 0 bridgehead atoms. The zero-order chi connectivity index (χ0) is 16.2. The standard InChI is InChI=1S/C21H21NO/c1-13(2)21(12-22)14(3)8-16-9-18-17-7-5-4-6-15(17)11-23-20(18)10-19(16)21/h4-7,9-10,13-14H,8,11H2,1-3H3/t14-,21+/m1/s1. The Morgan fingerprint density at radius 2 is 1.96 bits per heavy atom. The first kappa shape index (κ1) is 14.3. The summed E-state index contributed by atoms with van der Waals surface area (Å²) < 4.78 is 6.02.